The minimum absolute atomic E-state index is 0.0353. The number of halogens is 2. The number of thioether (sulfide) groups is 1. The van der Waals surface area contributed by atoms with Crippen molar-refractivity contribution >= 4 is 23.4 Å². The van der Waals surface area contributed by atoms with Crippen molar-refractivity contribution in [2.75, 3.05) is 5.75 Å². The average Bonchev–Trinajstić information content (AvgIpc) is 2.48. The second kappa shape index (κ2) is 6.34. The molecule has 0 spiro atoms. The van der Waals surface area contributed by atoms with Crippen molar-refractivity contribution < 1.29 is 4.39 Å². The van der Waals surface area contributed by atoms with Crippen molar-refractivity contribution in [1.29, 1.82) is 0 Å². The van der Waals surface area contributed by atoms with Gasteiger partial charge in [-0.25, -0.2) is 4.39 Å². The summed E-state index contributed by atoms with van der Waals surface area (Å²) in [7, 11) is 0. The Hall–Kier alpha value is -1.10. The molecular weight excluding hydrogens is 307 g/mol. The molecule has 0 aliphatic carbocycles. The van der Waals surface area contributed by atoms with E-state index in [1.807, 2.05) is 30.8 Å². The fraction of sp³-hybridized carbons (Fsp3) is 0.312. The summed E-state index contributed by atoms with van der Waals surface area (Å²) in [5.41, 5.74) is 2.09. The average molecular weight is 323 g/mol. The topological polar surface area (TPSA) is 24.9 Å². The molecule has 2 nitrogen and oxygen atoms in total. The van der Waals surface area contributed by atoms with Gasteiger partial charge in [0.2, 0.25) is 0 Å². The predicted molar refractivity (Wildman–Crippen MR) is 85.3 cm³/mol. The number of nitrogens with one attached hydrogen (secondary N) is 1. The number of benzene rings is 1. The molecule has 110 valence electrons. The number of fused-ring (bicyclic) bond motifs is 1. The van der Waals surface area contributed by atoms with Gasteiger partial charge in [-0.1, -0.05) is 11.6 Å². The molecule has 1 N–H and O–H groups in total. The Morgan fingerprint density at radius 2 is 2.24 bits per heavy atom. The molecule has 2 aromatic rings. The molecule has 0 amide bonds. The lowest BCUT2D eigenvalue weighted by Crippen LogP contribution is -2.27. The lowest BCUT2D eigenvalue weighted by Gasteiger charge is -2.29. The number of pyridine rings is 1. The van der Waals surface area contributed by atoms with E-state index in [4.69, 9.17) is 11.6 Å². The molecule has 1 aliphatic rings. The molecule has 1 aromatic heterocycles. The van der Waals surface area contributed by atoms with Gasteiger partial charge >= 0.3 is 0 Å². The monoisotopic (exact) mass is 322 g/mol. The van der Waals surface area contributed by atoms with Crippen LogP contribution >= 0.6 is 23.4 Å². The van der Waals surface area contributed by atoms with Gasteiger partial charge in [0, 0.05) is 28.2 Å². The maximum atomic E-state index is 13.3. The Morgan fingerprint density at radius 1 is 1.38 bits per heavy atom. The summed E-state index contributed by atoms with van der Waals surface area (Å²) in [6, 6.07) is 7.82. The second-order valence-electron chi connectivity index (χ2n) is 5.20. The molecule has 0 saturated carbocycles. The van der Waals surface area contributed by atoms with Crippen LogP contribution in [0.3, 0.4) is 0 Å². The summed E-state index contributed by atoms with van der Waals surface area (Å²) in [5, 5.41) is 4.32. The zero-order valence-electron chi connectivity index (χ0n) is 11.6. The number of hydrogen-bond donors (Lipinski definition) is 1. The van der Waals surface area contributed by atoms with Crippen LogP contribution in [0.2, 0.25) is 5.02 Å². The van der Waals surface area contributed by atoms with Crippen molar-refractivity contribution in [3.63, 3.8) is 0 Å². The first-order chi connectivity index (χ1) is 10.1. The predicted octanol–water partition coefficient (Wildman–Crippen LogP) is 4.76. The molecular formula is C16H16ClFN2S. The van der Waals surface area contributed by atoms with Gasteiger partial charge in [-0.15, -0.1) is 11.8 Å². The molecule has 5 heteroatoms. The van der Waals surface area contributed by atoms with Gasteiger partial charge < -0.3 is 5.32 Å². The first-order valence-electron chi connectivity index (χ1n) is 6.92. The maximum absolute atomic E-state index is 13.3. The summed E-state index contributed by atoms with van der Waals surface area (Å²) < 4.78 is 13.3. The zero-order valence-corrected chi connectivity index (χ0v) is 13.2. The molecule has 2 heterocycles. The van der Waals surface area contributed by atoms with E-state index in [0.717, 1.165) is 22.8 Å². The van der Waals surface area contributed by atoms with Crippen LogP contribution in [0.25, 0.3) is 0 Å². The van der Waals surface area contributed by atoms with E-state index in [-0.39, 0.29) is 17.9 Å². The van der Waals surface area contributed by atoms with Crippen molar-refractivity contribution in [2.45, 2.75) is 30.3 Å². The number of rotatable bonds is 3. The SMILES string of the molecule is C[C@H](N[C@H]1CCSc2ccc(Cl)cc21)c1cncc(F)c1. The first kappa shape index (κ1) is 14.8. The van der Waals surface area contributed by atoms with Gasteiger partial charge in [-0.3, -0.25) is 4.98 Å². The van der Waals surface area contributed by atoms with E-state index >= 15 is 0 Å². The molecule has 0 unspecified atom stereocenters. The van der Waals surface area contributed by atoms with E-state index in [0.29, 0.717) is 0 Å². The smallest absolute Gasteiger partial charge is 0.141 e. The van der Waals surface area contributed by atoms with Crippen LogP contribution in [0, 0.1) is 5.82 Å². The van der Waals surface area contributed by atoms with Crippen molar-refractivity contribution in [3.05, 3.63) is 58.6 Å². The highest BCUT2D eigenvalue weighted by atomic mass is 35.5. The standard InChI is InChI=1S/C16H16ClFN2S/c1-10(11-6-13(18)9-19-8-11)20-15-4-5-21-16-3-2-12(17)7-14(15)16/h2-3,6-10,15,20H,4-5H2,1H3/t10-,15-/m0/s1. The van der Waals surface area contributed by atoms with Crippen LogP contribution in [0.1, 0.15) is 36.6 Å². The van der Waals surface area contributed by atoms with Gasteiger partial charge in [0.05, 0.1) is 6.20 Å². The Bertz CT molecular complexity index is 650. The largest absolute Gasteiger partial charge is 0.303 e. The Balaban J connectivity index is 1.81. The van der Waals surface area contributed by atoms with Crippen LogP contribution in [0.4, 0.5) is 4.39 Å². The zero-order chi connectivity index (χ0) is 14.8. The molecule has 1 aromatic carbocycles. The number of nitrogens with zero attached hydrogens (tertiary/aromatic N) is 1. The van der Waals surface area contributed by atoms with Gasteiger partial charge in [-0.05, 0) is 54.5 Å². The Kier molecular flexibility index (Phi) is 4.48. The summed E-state index contributed by atoms with van der Waals surface area (Å²) in [6.07, 6.45) is 3.96. The molecule has 2 atom stereocenters. The van der Waals surface area contributed by atoms with Crippen molar-refractivity contribution in [1.82, 2.24) is 10.3 Å². The minimum atomic E-state index is -0.302. The first-order valence-corrected chi connectivity index (χ1v) is 8.28. The van der Waals surface area contributed by atoms with E-state index < -0.39 is 0 Å². The van der Waals surface area contributed by atoms with E-state index in [2.05, 4.69) is 16.4 Å². The fourth-order valence-electron chi connectivity index (χ4n) is 2.60. The van der Waals surface area contributed by atoms with Crippen LogP contribution in [-0.2, 0) is 0 Å². The highest BCUT2D eigenvalue weighted by molar-refractivity contribution is 7.99. The van der Waals surface area contributed by atoms with Crippen LogP contribution in [0.5, 0.6) is 0 Å². The van der Waals surface area contributed by atoms with Gasteiger partial charge in [-0.2, -0.15) is 0 Å². The number of aromatic nitrogens is 1. The van der Waals surface area contributed by atoms with E-state index in [1.54, 1.807) is 6.20 Å². The summed E-state index contributed by atoms with van der Waals surface area (Å²) >= 11 is 7.98. The van der Waals surface area contributed by atoms with Crippen LogP contribution in [0.15, 0.2) is 41.6 Å². The van der Waals surface area contributed by atoms with Crippen molar-refractivity contribution in [3.8, 4) is 0 Å². The fourth-order valence-corrected chi connectivity index (χ4v) is 3.89. The second-order valence-corrected chi connectivity index (χ2v) is 6.77. The molecule has 21 heavy (non-hydrogen) atoms. The van der Waals surface area contributed by atoms with Gasteiger partial charge in [0.1, 0.15) is 5.82 Å². The summed E-state index contributed by atoms with van der Waals surface area (Å²) in [5.74, 6) is 0.768. The normalized spacial score (nSPS) is 19.1. The van der Waals surface area contributed by atoms with E-state index in [1.165, 1.54) is 22.7 Å². The highest BCUT2D eigenvalue weighted by Crippen LogP contribution is 2.38. The van der Waals surface area contributed by atoms with Crippen LogP contribution < -0.4 is 5.32 Å². The Morgan fingerprint density at radius 3 is 3.05 bits per heavy atom. The molecule has 1 aliphatic heterocycles. The van der Waals surface area contributed by atoms with E-state index in [9.17, 15) is 4.39 Å². The lowest BCUT2D eigenvalue weighted by molar-refractivity contribution is 0.447. The van der Waals surface area contributed by atoms with Crippen LogP contribution in [-0.4, -0.2) is 10.7 Å². The third-order valence-corrected chi connectivity index (χ3v) is 5.05. The molecule has 0 saturated heterocycles. The summed E-state index contributed by atoms with van der Waals surface area (Å²) in [6.45, 7) is 2.03. The summed E-state index contributed by atoms with van der Waals surface area (Å²) in [4.78, 5) is 5.19. The molecule has 3 rings (SSSR count). The third-order valence-electron chi connectivity index (χ3n) is 3.69. The molecule has 0 radical (unpaired) electrons. The number of hydrogen-bond acceptors (Lipinski definition) is 3. The minimum Gasteiger partial charge on any atom is -0.303 e. The highest BCUT2D eigenvalue weighted by Gasteiger charge is 2.23. The maximum Gasteiger partial charge on any atom is 0.141 e. The van der Waals surface area contributed by atoms with Gasteiger partial charge in [0.15, 0.2) is 0 Å². The quantitative estimate of drug-likeness (QED) is 0.881. The lowest BCUT2D eigenvalue weighted by atomic mass is 10.0. The molecule has 0 bridgehead atoms. The van der Waals surface area contributed by atoms with Crippen molar-refractivity contribution in [2.24, 2.45) is 0 Å². The molecule has 0 fully saturated rings. The van der Waals surface area contributed by atoms with Gasteiger partial charge in [0.25, 0.3) is 0 Å². The third kappa shape index (κ3) is 3.39. The Labute approximate surface area is 133 Å².